The van der Waals surface area contributed by atoms with Gasteiger partial charge in [0.1, 0.15) is 11.5 Å². The maximum Gasteiger partial charge on any atom is 0.295 e. The third-order valence-corrected chi connectivity index (χ3v) is 5.07. The molecular weight excluding hydrogens is 416 g/mol. The number of phenolic OH excluding ortho intramolecular Hbond substituents is 1. The Balaban J connectivity index is 2.06. The molecule has 2 aromatic carbocycles. The van der Waals surface area contributed by atoms with Gasteiger partial charge in [-0.15, -0.1) is 0 Å². The Kier molecular flexibility index (Phi) is 6.89. The van der Waals surface area contributed by atoms with E-state index in [0.29, 0.717) is 18.6 Å². The lowest BCUT2D eigenvalue weighted by Gasteiger charge is -2.25. The largest absolute Gasteiger partial charge is 0.508 e. The van der Waals surface area contributed by atoms with Crippen molar-refractivity contribution in [3.8, 4) is 5.75 Å². The molecular formula is C23H24N2O7. The molecule has 2 aromatic rings. The molecule has 9 heteroatoms. The van der Waals surface area contributed by atoms with Gasteiger partial charge in [-0.2, -0.15) is 0 Å². The highest BCUT2D eigenvalue weighted by molar-refractivity contribution is 6.46. The molecule has 1 aliphatic heterocycles. The van der Waals surface area contributed by atoms with Gasteiger partial charge >= 0.3 is 0 Å². The lowest BCUT2D eigenvalue weighted by molar-refractivity contribution is -0.384. The molecule has 0 unspecified atom stereocenters. The molecule has 1 saturated heterocycles. The number of carbonyl (C=O) groups excluding carboxylic acids is 2. The maximum atomic E-state index is 12.9. The van der Waals surface area contributed by atoms with Crippen molar-refractivity contribution in [1.29, 1.82) is 0 Å². The number of hydrogen-bond acceptors (Lipinski definition) is 7. The van der Waals surface area contributed by atoms with Gasteiger partial charge in [0.05, 0.1) is 22.6 Å². The first kappa shape index (κ1) is 23.0. The number of carbonyl (C=O) groups is 2. The zero-order valence-corrected chi connectivity index (χ0v) is 17.7. The number of ether oxygens (including phenoxy) is 1. The highest BCUT2D eigenvalue weighted by Gasteiger charge is 2.45. The van der Waals surface area contributed by atoms with E-state index in [1.807, 2.05) is 13.8 Å². The summed E-state index contributed by atoms with van der Waals surface area (Å²) < 4.78 is 5.52. The number of benzene rings is 2. The zero-order chi connectivity index (χ0) is 23.4. The number of amides is 1. The Morgan fingerprint density at radius 2 is 1.88 bits per heavy atom. The monoisotopic (exact) mass is 440 g/mol. The SMILES string of the molecule is CC(C)OCCCN1C(=O)C(=O)C(=C(O)c2cccc([N+](=O)[O-])c2)[C@@H]1c1ccc(O)cc1. The number of non-ortho nitro benzene ring substituents is 1. The Labute approximate surface area is 184 Å². The predicted molar refractivity (Wildman–Crippen MR) is 116 cm³/mol. The minimum absolute atomic E-state index is 0.00900. The Morgan fingerprint density at radius 1 is 1.19 bits per heavy atom. The molecule has 1 fully saturated rings. The van der Waals surface area contributed by atoms with Crippen molar-refractivity contribution in [3.63, 3.8) is 0 Å². The summed E-state index contributed by atoms with van der Waals surface area (Å²) in [6.07, 6.45) is 0.489. The summed E-state index contributed by atoms with van der Waals surface area (Å²) in [6, 6.07) is 10.3. The van der Waals surface area contributed by atoms with E-state index in [-0.39, 0.29) is 35.2 Å². The van der Waals surface area contributed by atoms with Crippen molar-refractivity contribution in [2.24, 2.45) is 0 Å². The van der Waals surface area contributed by atoms with Gasteiger partial charge in [-0.25, -0.2) is 0 Å². The molecule has 168 valence electrons. The molecule has 0 aromatic heterocycles. The van der Waals surface area contributed by atoms with Crippen LogP contribution < -0.4 is 0 Å². The second-order valence-corrected chi connectivity index (χ2v) is 7.66. The number of aliphatic hydroxyl groups excluding tert-OH is 1. The second kappa shape index (κ2) is 9.61. The van der Waals surface area contributed by atoms with Crippen LogP contribution in [0.4, 0.5) is 5.69 Å². The number of nitrogens with zero attached hydrogens (tertiary/aromatic N) is 2. The number of aliphatic hydroxyl groups is 1. The average Bonchev–Trinajstić information content (AvgIpc) is 3.01. The van der Waals surface area contributed by atoms with Gasteiger partial charge in [0.15, 0.2) is 0 Å². The molecule has 0 radical (unpaired) electrons. The standard InChI is InChI=1S/C23H24N2O7/c1-14(2)32-12-4-11-24-20(15-7-9-18(26)10-8-15)19(22(28)23(24)29)21(27)16-5-3-6-17(13-16)25(30)31/h3,5-10,13-14,20,26-27H,4,11-12H2,1-2H3/t20-/m0/s1. The number of nitro groups is 1. The summed E-state index contributed by atoms with van der Waals surface area (Å²) in [6.45, 7) is 4.37. The number of likely N-dealkylation sites (tertiary alicyclic amines) is 1. The second-order valence-electron chi connectivity index (χ2n) is 7.66. The zero-order valence-electron chi connectivity index (χ0n) is 17.7. The maximum absolute atomic E-state index is 12.9. The van der Waals surface area contributed by atoms with E-state index in [9.17, 15) is 29.9 Å². The van der Waals surface area contributed by atoms with Crippen LogP contribution in [0.15, 0.2) is 54.1 Å². The molecule has 0 spiro atoms. The smallest absolute Gasteiger partial charge is 0.295 e. The highest BCUT2D eigenvalue weighted by Crippen LogP contribution is 2.40. The van der Waals surface area contributed by atoms with E-state index in [0.717, 1.165) is 6.07 Å². The van der Waals surface area contributed by atoms with Gasteiger partial charge < -0.3 is 19.8 Å². The van der Waals surface area contributed by atoms with Gasteiger partial charge in [-0.05, 0) is 38.0 Å². The van der Waals surface area contributed by atoms with Crippen molar-refractivity contribution in [3.05, 3.63) is 75.3 Å². The van der Waals surface area contributed by atoms with Crippen LogP contribution in [-0.4, -0.2) is 51.0 Å². The van der Waals surface area contributed by atoms with E-state index in [4.69, 9.17) is 4.74 Å². The molecule has 0 saturated carbocycles. The number of Topliss-reactive ketones (excluding diaryl/α,β-unsaturated/α-hetero) is 1. The van der Waals surface area contributed by atoms with Crippen LogP contribution in [0.25, 0.3) is 5.76 Å². The van der Waals surface area contributed by atoms with E-state index in [2.05, 4.69) is 0 Å². The number of hydrogen-bond donors (Lipinski definition) is 2. The van der Waals surface area contributed by atoms with Gasteiger partial charge in [0.25, 0.3) is 17.4 Å². The lowest BCUT2D eigenvalue weighted by atomic mass is 9.95. The minimum Gasteiger partial charge on any atom is -0.508 e. The molecule has 3 rings (SSSR count). The molecule has 1 aliphatic rings. The van der Waals surface area contributed by atoms with Crippen LogP contribution in [-0.2, 0) is 14.3 Å². The fraction of sp³-hybridized carbons (Fsp3) is 0.304. The third kappa shape index (κ3) is 4.78. The van der Waals surface area contributed by atoms with Crippen LogP contribution in [0.1, 0.15) is 37.4 Å². The fourth-order valence-corrected chi connectivity index (χ4v) is 3.59. The summed E-state index contributed by atoms with van der Waals surface area (Å²) in [7, 11) is 0. The van der Waals surface area contributed by atoms with E-state index in [1.165, 1.54) is 35.2 Å². The number of ketones is 1. The first-order chi connectivity index (χ1) is 15.2. The average molecular weight is 440 g/mol. The Hall–Kier alpha value is -3.72. The van der Waals surface area contributed by atoms with Crippen LogP contribution in [0, 0.1) is 10.1 Å². The molecule has 1 atom stereocenters. The van der Waals surface area contributed by atoms with Crippen LogP contribution in [0.5, 0.6) is 5.75 Å². The van der Waals surface area contributed by atoms with Gasteiger partial charge in [0.2, 0.25) is 0 Å². The number of phenols is 1. The lowest BCUT2D eigenvalue weighted by Crippen LogP contribution is -2.31. The Morgan fingerprint density at radius 3 is 2.50 bits per heavy atom. The van der Waals surface area contributed by atoms with E-state index < -0.39 is 28.4 Å². The quantitative estimate of drug-likeness (QED) is 0.160. The van der Waals surface area contributed by atoms with E-state index in [1.54, 1.807) is 12.1 Å². The van der Waals surface area contributed by atoms with Crippen molar-refractivity contribution >= 4 is 23.1 Å². The van der Waals surface area contributed by atoms with Crippen molar-refractivity contribution < 1.29 is 29.5 Å². The topological polar surface area (TPSA) is 130 Å². The first-order valence-electron chi connectivity index (χ1n) is 10.1. The molecule has 1 amide bonds. The third-order valence-electron chi connectivity index (χ3n) is 5.07. The summed E-state index contributed by atoms with van der Waals surface area (Å²) in [4.78, 5) is 37.6. The van der Waals surface area contributed by atoms with Gasteiger partial charge in [0, 0.05) is 30.8 Å². The summed E-state index contributed by atoms with van der Waals surface area (Å²) >= 11 is 0. The molecule has 2 N–H and O–H groups in total. The van der Waals surface area contributed by atoms with Gasteiger partial charge in [-0.1, -0.05) is 24.3 Å². The van der Waals surface area contributed by atoms with Crippen molar-refractivity contribution in [2.75, 3.05) is 13.2 Å². The van der Waals surface area contributed by atoms with Crippen molar-refractivity contribution in [2.45, 2.75) is 32.4 Å². The summed E-state index contributed by atoms with van der Waals surface area (Å²) in [5.41, 5.74) is 0.157. The van der Waals surface area contributed by atoms with Crippen LogP contribution in [0.3, 0.4) is 0 Å². The van der Waals surface area contributed by atoms with Crippen LogP contribution >= 0.6 is 0 Å². The highest BCUT2D eigenvalue weighted by atomic mass is 16.6. The molecule has 1 heterocycles. The number of aromatic hydroxyl groups is 1. The molecule has 0 aliphatic carbocycles. The molecule has 9 nitrogen and oxygen atoms in total. The summed E-state index contributed by atoms with van der Waals surface area (Å²) in [5.74, 6) is -2.14. The van der Waals surface area contributed by atoms with Crippen molar-refractivity contribution in [1.82, 2.24) is 4.90 Å². The normalized spacial score (nSPS) is 17.8. The summed E-state index contributed by atoms with van der Waals surface area (Å²) in [5, 5.41) is 31.7. The molecule has 0 bridgehead atoms. The number of nitro benzene ring substituents is 1. The predicted octanol–water partition coefficient (Wildman–Crippen LogP) is 3.54. The van der Waals surface area contributed by atoms with Gasteiger partial charge in [-0.3, -0.25) is 19.7 Å². The van der Waals surface area contributed by atoms with E-state index >= 15 is 0 Å². The first-order valence-corrected chi connectivity index (χ1v) is 10.1. The minimum atomic E-state index is -0.908. The van der Waals surface area contributed by atoms with Crippen LogP contribution in [0.2, 0.25) is 0 Å². The number of rotatable bonds is 8. The molecule has 32 heavy (non-hydrogen) atoms. The fourth-order valence-electron chi connectivity index (χ4n) is 3.59. The Bertz CT molecular complexity index is 1060.